The second-order valence-corrected chi connectivity index (χ2v) is 7.79. The molecule has 1 heterocycles. The standard InChI is InChI=1S/C23H38N4O3/c1-5-24-23(27-14-11-21(12-15-27)30-17-7-16-29-4)25-13-10-19-8-6-9-20(18-19)22(28)26(2)3/h6,8-9,18,21H,5,7,10-17H2,1-4H3,(H,24,25). The van der Waals surface area contributed by atoms with Gasteiger partial charge in [-0.3, -0.25) is 9.79 Å². The van der Waals surface area contributed by atoms with Gasteiger partial charge < -0.3 is 24.6 Å². The van der Waals surface area contributed by atoms with Crippen LogP contribution >= 0.6 is 0 Å². The maximum Gasteiger partial charge on any atom is 0.253 e. The summed E-state index contributed by atoms with van der Waals surface area (Å²) in [6, 6.07) is 7.83. The quantitative estimate of drug-likeness (QED) is 0.359. The molecule has 0 aromatic heterocycles. The Morgan fingerprint density at radius 1 is 1.27 bits per heavy atom. The van der Waals surface area contributed by atoms with E-state index in [4.69, 9.17) is 14.5 Å². The fourth-order valence-electron chi connectivity index (χ4n) is 3.52. The number of carbonyl (C=O) groups is 1. The molecule has 1 amide bonds. The Morgan fingerprint density at radius 2 is 2.03 bits per heavy atom. The predicted octanol–water partition coefficient (Wildman–Crippen LogP) is 2.41. The monoisotopic (exact) mass is 418 g/mol. The minimum absolute atomic E-state index is 0.0287. The van der Waals surface area contributed by atoms with Crippen LogP contribution in [0.25, 0.3) is 0 Å². The number of hydrogen-bond donors (Lipinski definition) is 1. The number of amides is 1. The first-order chi connectivity index (χ1) is 14.5. The highest BCUT2D eigenvalue weighted by Crippen LogP contribution is 2.14. The molecule has 0 spiro atoms. The topological polar surface area (TPSA) is 66.4 Å². The molecule has 1 aliphatic rings. The summed E-state index contributed by atoms with van der Waals surface area (Å²) in [4.78, 5) is 20.9. The molecule has 1 aromatic rings. The van der Waals surface area contributed by atoms with E-state index in [0.717, 1.165) is 75.6 Å². The van der Waals surface area contributed by atoms with E-state index in [0.29, 0.717) is 12.6 Å². The van der Waals surface area contributed by atoms with Crippen LogP contribution in [0.2, 0.25) is 0 Å². The summed E-state index contributed by atoms with van der Waals surface area (Å²) in [6.45, 7) is 7.05. The number of hydrogen-bond acceptors (Lipinski definition) is 4. The zero-order chi connectivity index (χ0) is 21.8. The van der Waals surface area contributed by atoms with Crippen molar-refractivity contribution >= 4 is 11.9 Å². The van der Waals surface area contributed by atoms with E-state index >= 15 is 0 Å². The van der Waals surface area contributed by atoms with Gasteiger partial charge in [-0.15, -0.1) is 0 Å². The van der Waals surface area contributed by atoms with Crippen molar-refractivity contribution < 1.29 is 14.3 Å². The van der Waals surface area contributed by atoms with E-state index < -0.39 is 0 Å². The molecule has 168 valence electrons. The van der Waals surface area contributed by atoms with Gasteiger partial charge in [0.2, 0.25) is 0 Å². The third-order valence-corrected chi connectivity index (χ3v) is 5.16. The summed E-state index contributed by atoms with van der Waals surface area (Å²) in [5, 5.41) is 3.42. The van der Waals surface area contributed by atoms with Gasteiger partial charge in [0.1, 0.15) is 0 Å². The van der Waals surface area contributed by atoms with E-state index in [9.17, 15) is 4.79 Å². The molecular formula is C23H38N4O3. The third-order valence-electron chi connectivity index (χ3n) is 5.16. The van der Waals surface area contributed by atoms with Gasteiger partial charge in [0, 0.05) is 66.2 Å². The zero-order valence-corrected chi connectivity index (χ0v) is 19.0. The fourth-order valence-corrected chi connectivity index (χ4v) is 3.52. The number of aliphatic imine (C=N–C) groups is 1. The van der Waals surface area contributed by atoms with Crippen LogP contribution < -0.4 is 5.32 Å². The van der Waals surface area contributed by atoms with Gasteiger partial charge in [0.15, 0.2) is 5.96 Å². The van der Waals surface area contributed by atoms with E-state index in [-0.39, 0.29) is 5.91 Å². The Bertz CT molecular complexity index is 670. The predicted molar refractivity (Wildman–Crippen MR) is 121 cm³/mol. The maximum atomic E-state index is 12.2. The lowest BCUT2D eigenvalue weighted by Crippen LogP contribution is -2.47. The van der Waals surface area contributed by atoms with E-state index in [1.165, 1.54) is 0 Å². The van der Waals surface area contributed by atoms with E-state index in [1.54, 1.807) is 26.1 Å². The Morgan fingerprint density at radius 3 is 2.70 bits per heavy atom. The van der Waals surface area contributed by atoms with Crippen LogP contribution in [-0.2, 0) is 15.9 Å². The summed E-state index contributed by atoms with van der Waals surface area (Å²) >= 11 is 0. The largest absolute Gasteiger partial charge is 0.385 e. The van der Waals surface area contributed by atoms with Gasteiger partial charge in [-0.1, -0.05) is 12.1 Å². The van der Waals surface area contributed by atoms with Gasteiger partial charge in [-0.2, -0.15) is 0 Å². The Kier molecular flexibility index (Phi) is 10.7. The molecule has 0 unspecified atom stereocenters. The van der Waals surface area contributed by atoms with Crippen molar-refractivity contribution in [2.45, 2.75) is 38.7 Å². The lowest BCUT2D eigenvalue weighted by Gasteiger charge is -2.34. The SMILES string of the molecule is CCNC(=NCCc1cccc(C(=O)N(C)C)c1)N1CCC(OCCCOC)CC1. The number of guanidine groups is 1. The van der Waals surface area contributed by atoms with Crippen molar-refractivity contribution in [2.75, 3.05) is 60.6 Å². The molecule has 7 heteroatoms. The molecule has 30 heavy (non-hydrogen) atoms. The highest BCUT2D eigenvalue weighted by atomic mass is 16.5. The molecule has 7 nitrogen and oxygen atoms in total. The van der Waals surface area contributed by atoms with Crippen LogP contribution in [0.1, 0.15) is 42.1 Å². The lowest BCUT2D eigenvalue weighted by molar-refractivity contribution is 0.00990. The smallest absolute Gasteiger partial charge is 0.253 e. The molecule has 1 N–H and O–H groups in total. The molecule has 1 aliphatic heterocycles. The number of benzene rings is 1. The highest BCUT2D eigenvalue weighted by molar-refractivity contribution is 5.94. The first-order valence-electron chi connectivity index (χ1n) is 11.0. The number of rotatable bonds is 10. The van der Waals surface area contributed by atoms with Gasteiger partial charge >= 0.3 is 0 Å². The number of carbonyl (C=O) groups excluding carboxylic acids is 1. The number of ether oxygens (including phenoxy) is 2. The van der Waals surface area contributed by atoms with Crippen LogP contribution in [0.15, 0.2) is 29.3 Å². The summed E-state index contributed by atoms with van der Waals surface area (Å²) in [5.74, 6) is 0.997. The number of nitrogens with zero attached hydrogens (tertiary/aromatic N) is 3. The lowest BCUT2D eigenvalue weighted by atomic mass is 10.1. The molecule has 1 saturated heterocycles. The maximum absolute atomic E-state index is 12.2. The van der Waals surface area contributed by atoms with Crippen molar-refractivity contribution in [3.8, 4) is 0 Å². The second-order valence-electron chi connectivity index (χ2n) is 7.79. The van der Waals surface area contributed by atoms with Gasteiger partial charge in [0.05, 0.1) is 6.10 Å². The third kappa shape index (κ3) is 7.95. The highest BCUT2D eigenvalue weighted by Gasteiger charge is 2.21. The minimum atomic E-state index is 0.0287. The van der Waals surface area contributed by atoms with Crippen molar-refractivity contribution in [1.29, 1.82) is 0 Å². The number of piperidine rings is 1. The van der Waals surface area contributed by atoms with Crippen molar-refractivity contribution in [3.05, 3.63) is 35.4 Å². The molecule has 1 fully saturated rings. The normalized spacial score (nSPS) is 15.3. The van der Waals surface area contributed by atoms with Gasteiger partial charge in [-0.25, -0.2) is 0 Å². The van der Waals surface area contributed by atoms with Crippen molar-refractivity contribution in [1.82, 2.24) is 15.1 Å². The molecule has 0 bridgehead atoms. The molecule has 0 aliphatic carbocycles. The Labute approximate surface area is 181 Å². The number of likely N-dealkylation sites (tertiary alicyclic amines) is 1. The average Bonchev–Trinajstić information content (AvgIpc) is 2.76. The van der Waals surface area contributed by atoms with Gasteiger partial charge in [-0.05, 0) is 50.3 Å². The molecule has 0 atom stereocenters. The fraction of sp³-hybridized carbons (Fsp3) is 0.652. The number of methoxy groups -OCH3 is 1. The second kappa shape index (κ2) is 13.2. The van der Waals surface area contributed by atoms with Crippen LogP contribution in [0, 0.1) is 0 Å². The minimum Gasteiger partial charge on any atom is -0.385 e. The van der Waals surface area contributed by atoms with E-state index in [1.807, 2.05) is 18.2 Å². The molecule has 2 rings (SSSR count). The molecule has 1 aromatic carbocycles. The Balaban J connectivity index is 1.85. The van der Waals surface area contributed by atoms with Crippen LogP contribution in [0.4, 0.5) is 0 Å². The first-order valence-corrected chi connectivity index (χ1v) is 11.0. The first kappa shape index (κ1) is 24.2. The summed E-state index contributed by atoms with van der Waals surface area (Å²) in [6.07, 6.45) is 4.13. The zero-order valence-electron chi connectivity index (χ0n) is 19.0. The average molecular weight is 419 g/mol. The van der Waals surface area contributed by atoms with Crippen LogP contribution in [-0.4, -0.2) is 88.4 Å². The summed E-state index contributed by atoms with van der Waals surface area (Å²) < 4.78 is 11.0. The van der Waals surface area contributed by atoms with E-state index in [2.05, 4.69) is 23.2 Å². The van der Waals surface area contributed by atoms with Crippen molar-refractivity contribution in [3.63, 3.8) is 0 Å². The van der Waals surface area contributed by atoms with Crippen LogP contribution in [0.3, 0.4) is 0 Å². The number of nitrogens with one attached hydrogen (secondary N) is 1. The Hall–Kier alpha value is -2.12. The molecule has 0 radical (unpaired) electrons. The summed E-state index contributed by atoms with van der Waals surface area (Å²) in [5.41, 5.74) is 1.85. The van der Waals surface area contributed by atoms with Crippen LogP contribution in [0.5, 0.6) is 0 Å². The van der Waals surface area contributed by atoms with Crippen molar-refractivity contribution in [2.24, 2.45) is 4.99 Å². The molecular weight excluding hydrogens is 380 g/mol. The summed E-state index contributed by atoms with van der Waals surface area (Å²) in [7, 11) is 5.27. The van der Waals surface area contributed by atoms with Gasteiger partial charge in [0.25, 0.3) is 5.91 Å². The molecule has 0 saturated carbocycles.